The van der Waals surface area contributed by atoms with E-state index in [0.717, 1.165) is 18.3 Å². The minimum Gasteiger partial charge on any atom is -0.480 e. The molecule has 3 atom stereocenters. The van der Waals surface area contributed by atoms with Gasteiger partial charge in [-0.05, 0) is 7.05 Å². The average Bonchev–Trinajstić information content (AvgIpc) is 2.61. The van der Waals surface area contributed by atoms with Crippen LogP contribution in [0.4, 0.5) is 0 Å². The number of likely N-dealkylation sites (N-methyl/N-ethyl adjacent to an activating group) is 1. The zero-order valence-corrected chi connectivity index (χ0v) is 6.87. The number of hydrogen-bond donors (Lipinski definition) is 1. The van der Waals surface area contributed by atoms with Crippen LogP contribution >= 0.6 is 11.8 Å². The van der Waals surface area contributed by atoms with Gasteiger partial charge in [-0.1, -0.05) is 11.8 Å². The summed E-state index contributed by atoms with van der Waals surface area (Å²) in [6, 6.07) is 0.0442. The summed E-state index contributed by atoms with van der Waals surface area (Å²) >= 11 is 0.837. The first-order chi connectivity index (χ1) is 5.16. The lowest BCUT2D eigenvalue weighted by Crippen LogP contribution is -2.24. The van der Waals surface area contributed by atoms with Crippen LogP contribution < -0.4 is 0 Å². The van der Waals surface area contributed by atoms with E-state index < -0.39 is 11.2 Å². The first kappa shape index (κ1) is 8.55. The molecule has 1 aliphatic heterocycles. The Morgan fingerprint density at radius 2 is 2.45 bits per heavy atom. The van der Waals surface area contributed by atoms with Crippen LogP contribution in [0, 0.1) is 0 Å². The Bertz CT molecular complexity index is 185. The predicted octanol–water partition coefficient (Wildman–Crippen LogP) is -0.323. The maximum atomic E-state index is 10.5. The van der Waals surface area contributed by atoms with E-state index in [-0.39, 0.29) is 6.04 Å². The van der Waals surface area contributed by atoms with Crippen molar-refractivity contribution in [2.75, 3.05) is 13.6 Å². The molecule has 62 valence electrons. The lowest BCUT2D eigenvalue weighted by Gasteiger charge is -2.04. The van der Waals surface area contributed by atoms with Crippen LogP contribution in [0.25, 0.3) is 0 Å². The van der Waals surface area contributed by atoms with E-state index in [0.29, 0.717) is 5.62 Å². The third kappa shape index (κ3) is 1.94. The fraction of sp³-hybridized carbons (Fsp3) is 0.667. The van der Waals surface area contributed by atoms with E-state index in [4.69, 9.17) is 5.11 Å². The molecular formula is C6H9NO3S. The second-order valence-electron chi connectivity index (χ2n) is 2.50. The lowest BCUT2D eigenvalue weighted by molar-refractivity contribution is -0.136. The lowest BCUT2D eigenvalue weighted by atomic mass is 10.3. The Hall–Kier alpha value is -0.550. The van der Waals surface area contributed by atoms with Gasteiger partial charge in [-0.3, -0.25) is 14.5 Å². The highest BCUT2D eigenvalue weighted by Crippen LogP contribution is 2.26. The van der Waals surface area contributed by atoms with Gasteiger partial charge in [-0.25, -0.2) is 0 Å². The van der Waals surface area contributed by atoms with Crippen molar-refractivity contribution >= 4 is 23.3 Å². The molecule has 1 rings (SSSR count). The summed E-state index contributed by atoms with van der Waals surface area (Å²) in [7, 11) is 1.84. The van der Waals surface area contributed by atoms with Gasteiger partial charge in [-0.15, -0.1) is 0 Å². The highest BCUT2D eigenvalue weighted by atomic mass is 32.2. The molecule has 0 bridgehead atoms. The highest BCUT2D eigenvalue weighted by Gasteiger charge is 2.41. The summed E-state index contributed by atoms with van der Waals surface area (Å²) in [6.07, 6.45) is 0. The molecule has 0 aromatic heterocycles. The molecule has 0 aromatic carbocycles. The van der Waals surface area contributed by atoms with Gasteiger partial charge in [0.15, 0.2) is 5.62 Å². The van der Waals surface area contributed by atoms with Crippen LogP contribution in [0.3, 0.4) is 0 Å². The van der Waals surface area contributed by atoms with Crippen molar-refractivity contribution in [2.24, 2.45) is 0 Å². The first-order valence-electron chi connectivity index (χ1n) is 3.19. The number of aliphatic carboxylic acids is 1. The molecule has 1 heterocycles. The zero-order valence-electron chi connectivity index (χ0n) is 6.06. The molecule has 1 aliphatic rings. The van der Waals surface area contributed by atoms with Crippen LogP contribution in [0.1, 0.15) is 0 Å². The predicted molar refractivity (Wildman–Crippen MR) is 42.2 cm³/mol. The summed E-state index contributed by atoms with van der Waals surface area (Å²) in [4.78, 5) is 22.4. The largest absolute Gasteiger partial charge is 0.480 e. The summed E-state index contributed by atoms with van der Waals surface area (Å²) in [5, 5.41) is 8.04. The standard InChI is InChI=1S/C6H9NO3S/c1-7-2-4(7)5(6(9)10)11-3-8/h3-5H,2H2,1H3,(H,9,10). The maximum Gasteiger partial charge on any atom is 0.318 e. The fourth-order valence-corrected chi connectivity index (χ4v) is 1.66. The molecular weight excluding hydrogens is 166 g/mol. The van der Waals surface area contributed by atoms with Crippen molar-refractivity contribution in [3.63, 3.8) is 0 Å². The van der Waals surface area contributed by atoms with Crippen LogP contribution in [0.2, 0.25) is 0 Å². The average molecular weight is 175 g/mol. The number of carboxylic acids is 1. The van der Waals surface area contributed by atoms with Crippen molar-refractivity contribution in [1.82, 2.24) is 4.90 Å². The molecule has 1 saturated heterocycles. The topological polar surface area (TPSA) is 57.4 Å². The highest BCUT2D eigenvalue weighted by molar-refractivity contribution is 8.13. The van der Waals surface area contributed by atoms with Gasteiger partial charge in [0.05, 0.1) is 0 Å². The van der Waals surface area contributed by atoms with Crippen molar-refractivity contribution in [1.29, 1.82) is 0 Å². The molecule has 1 N–H and O–H groups in total. The summed E-state index contributed by atoms with van der Waals surface area (Å²) < 4.78 is 0. The number of carbonyl (C=O) groups is 2. The van der Waals surface area contributed by atoms with E-state index in [2.05, 4.69) is 0 Å². The Kier molecular flexibility index (Phi) is 2.51. The van der Waals surface area contributed by atoms with E-state index >= 15 is 0 Å². The number of nitrogens with zero attached hydrogens (tertiary/aromatic N) is 1. The fourth-order valence-electron chi connectivity index (χ4n) is 0.948. The van der Waals surface area contributed by atoms with Crippen LogP contribution in [0.15, 0.2) is 0 Å². The number of carbonyl (C=O) groups excluding carboxylic acids is 1. The van der Waals surface area contributed by atoms with Crippen molar-refractivity contribution < 1.29 is 14.7 Å². The van der Waals surface area contributed by atoms with Gasteiger partial charge in [0, 0.05) is 12.6 Å². The second kappa shape index (κ2) is 3.23. The molecule has 0 radical (unpaired) electrons. The third-order valence-corrected chi connectivity index (χ3v) is 2.62. The van der Waals surface area contributed by atoms with Gasteiger partial charge >= 0.3 is 5.97 Å². The zero-order chi connectivity index (χ0) is 8.43. The summed E-state index contributed by atoms with van der Waals surface area (Å²) in [5.74, 6) is -0.906. The van der Waals surface area contributed by atoms with Gasteiger partial charge in [-0.2, -0.15) is 0 Å². The molecule has 0 aromatic rings. The Labute approximate surface area is 68.6 Å². The molecule has 0 saturated carbocycles. The van der Waals surface area contributed by atoms with E-state index in [1.807, 2.05) is 11.9 Å². The molecule has 4 nitrogen and oxygen atoms in total. The van der Waals surface area contributed by atoms with Gasteiger partial charge in [0.25, 0.3) is 0 Å². The minimum absolute atomic E-state index is 0.0442. The van der Waals surface area contributed by atoms with Gasteiger partial charge in [0.2, 0.25) is 0 Å². The van der Waals surface area contributed by atoms with Crippen molar-refractivity contribution in [2.45, 2.75) is 11.3 Å². The quantitative estimate of drug-likeness (QED) is 0.468. The number of hydrogen-bond acceptors (Lipinski definition) is 4. The summed E-state index contributed by atoms with van der Waals surface area (Å²) in [5.41, 5.74) is 0.588. The Morgan fingerprint density at radius 1 is 1.91 bits per heavy atom. The van der Waals surface area contributed by atoms with Gasteiger partial charge in [0.1, 0.15) is 5.25 Å². The van der Waals surface area contributed by atoms with Gasteiger partial charge < -0.3 is 5.11 Å². The van der Waals surface area contributed by atoms with Crippen LogP contribution in [-0.2, 0) is 9.59 Å². The van der Waals surface area contributed by atoms with E-state index in [9.17, 15) is 9.59 Å². The SMILES string of the molecule is CN1CC1C(SC=O)C(=O)O. The summed E-state index contributed by atoms with van der Waals surface area (Å²) in [6.45, 7) is 0.776. The minimum atomic E-state index is -0.906. The van der Waals surface area contributed by atoms with Crippen LogP contribution in [-0.4, -0.2) is 46.5 Å². The normalized spacial score (nSPS) is 31.0. The van der Waals surface area contributed by atoms with Crippen molar-refractivity contribution in [3.05, 3.63) is 0 Å². The second-order valence-corrected chi connectivity index (χ2v) is 3.47. The third-order valence-electron chi connectivity index (χ3n) is 1.70. The maximum absolute atomic E-state index is 10.5. The molecule has 5 heteroatoms. The van der Waals surface area contributed by atoms with E-state index in [1.54, 1.807) is 0 Å². The first-order valence-corrected chi connectivity index (χ1v) is 4.13. The Balaban J connectivity index is 2.46. The molecule has 0 aliphatic carbocycles. The number of carboxylic acid groups (broad SMARTS) is 1. The Morgan fingerprint density at radius 3 is 2.73 bits per heavy atom. The smallest absolute Gasteiger partial charge is 0.318 e. The number of thioether (sulfide) groups is 1. The van der Waals surface area contributed by atoms with Crippen LogP contribution in [0.5, 0.6) is 0 Å². The van der Waals surface area contributed by atoms with Crippen molar-refractivity contribution in [3.8, 4) is 0 Å². The molecule has 0 spiro atoms. The molecule has 0 amide bonds. The molecule has 3 unspecified atom stereocenters. The number of rotatable bonds is 4. The molecule has 11 heavy (non-hydrogen) atoms. The monoisotopic (exact) mass is 175 g/mol. The molecule has 1 fully saturated rings. The van der Waals surface area contributed by atoms with E-state index in [1.165, 1.54) is 0 Å².